The van der Waals surface area contributed by atoms with Crippen LogP contribution in [-0.4, -0.2) is 26.2 Å². The van der Waals surface area contributed by atoms with Gasteiger partial charge in [-0.25, -0.2) is 4.68 Å². The number of benzene rings is 1. The van der Waals surface area contributed by atoms with E-state index in [4.69, 9.17) is 27.9 Å². The van der Waals surface area contributed by atoms with Gasteiger partial charge in [-0.1, -0.05) is 36.2 Å². The molecule has 2 aromatic rings. The molecule has 112 valence electrons. The number of carbonyl (C=O) groups excluding carboxylic acids is 1. The molecule has 0 aliphatic rings. The van der Waals surface area contributed by atoms with Gasteiger partial charge in [-0.2, -0.15) is 0 Å². The van der Waals surface area contributed by atoms with Gasteiger partial charge in [0.15, 0.2) is 12.4 Å². The van der Waals surface area contributed by atoms with Crippen molar-refractivity contribution in [2.45, 2.75) is 32.9 Å². The van der Waals surface area contributed by atoms with Crippen molar-refractivity contribution in [3.8, 4) is 0 Å². The Morgan fingerprint density at radius 1 is 1.33 bits per heavy atom. The van der Waals surface area contributed by atoms with Crippen LogP contribution in [0.25, 0.3) is 0 Å². The average molecular weight is 329 g/mol. The maximum Gasteiger partial charge on any atom is 0.310 e. The zero-order chi connectivity index (χ0) is 15.2. The van der Waals surface area contributed by atoms with E-state index in [1.807, 2.05) is 6.92 Å². The lowest BCUT2D eigenvalue weighted by Crippen LogP contribution is -2.12. The highest BCUT2D eigenvalue weighted by Crippen LogP contribution is 2.24. The lowest BCUT2D eigenvalue weighted by molar-refractivity contribution is -0.144. The third-order valence-electron chi connectivity index (χ3n) is 2.79. The molecular formula is C13H14Cl2N4O2. The summed E-state index contributed by atoms with van der Waals surface area (Å²) < 4.78 is 6.77. The number of rotatable bonds is 6. The molecule has 8 heteroatoms. The van der Waals surface area contributed by atoms with E-state index in [1.165, 1.54) is 0 Å². The van der Waals surface area contributed by atoms with Crippen molar-refractivity contribution in [3.63, 3.8) is 0 Å². The molecule has 1 heterocycles. The summed E-state index contributed by atoms with van der Waals surface area (Å²) in [5.41, 5.74) is 0.555. The number of hydrogen-bond donors (Lipinski definition) is 0. The third-order valence-corrected chi connectivity index (χ3v) is 3.49. The minimum atomic E-state index is -0.434. The Labute approximate surface area is 132 Å². The van der Waals surface area contributed by atoms with E-state index in [0.717, 1.165) is 6.42 Å². The van der Waals surface area contributed by atoms with Crippen molar-refractivity contribution in [2.75, 3.05) is 0 Å². The topological polar surface area (TPSA) is 69.9 Å². The summed E-state index contributed by atoms with van der Waals surface area (Å²) in [5, 5.41) is 12.1. The number of ether oxygens (including phenoxy) is 1. The Hall–Kier alpha value is -1.66. The fourth-order valence-electron chi connectivity index (χ4n) is 1.75. The zero-order valence-electron chi connectivity index (χ0n) is 11.4. The van der Waals surface area contributed by atoms with Crippen LogP contribution < -0.4 is 0 Å². The second-order valence-corrected chi connectivity index (χ2v) is 5.17. The van der Waals surface area contributed by atoms with Crippen molar-refractivity contribution in [1.82, 2.24) is 20.2 Å². The first-order valence-corrected chi connectivity index (χ1v) is 7.21. The van der Waals surface area contributed by atoms with Crippen molar-refractivity contribution in [3.05, 3.63) is 39.6 Å². The molecule has 0 unspecified atom stereocenters. The fraction of sp³-hybridized carbons (Fsp3) is 0.385. The largest absolute Gasteiger partial charge is 0.457 e. The predicted octanol–water partition coefficient (Wildman–Crippen LogP) is 2.68. The molecule has 0 aliphatic carbocycles. The van der Waals surface area contributed by atoms with Crippen molar-refractivity contribution < 1.29 is 9.53 Å². The molecule has 0 atom stereocenters. The van der Waals surface area contributed by atoms with Crippen molar-refractivity contribution >= 4 is 29.2 Å². The number of aromatic nitrogens is 4. The molecule has 6 nitrogen and oxygen atoms in total. The molecule has 0 N–H and O–H groups in total. The molecule has 0 fully saturated rings. The Bertz CT molecular complexity index is 610. The number of halogens is 2. The van der Waals surface area contributed by atoms with Crippen LogP contribution in [0.5, 0.6) is 0 Å². The first-order chi connectivity index (χ1) is 10.1. The summed E-state index contributed by atoms with van der Waals surface area (Å²) in [6.45, 7) is 2.71. The van der Waals surface area contributed by atoms with Gasteiger partial charge >= 0.3 is 5.97 Å². The summed E-state index contributed by atoms with van der Waals surface area (Å²) >= 11 is 12.0. The van der Waals surface area contributed by atoms with Crippen LogP contribution in [0.4, 0.5) is 0 Å². The van der Waals surface area contributed by atoms with Gasteiger partial charge in [-0.3, -0.25) is 4.79 Å². The number of esters is 1. The summed E-state index contributed by atoms with van der Waals surface area (Å²) in [4.78, 5) is 11.9. The molecule has 0 saturated carbocycles. The predicted molar refractivity (Wildman–Crippen MR) is 78.1 cm³/mol. The first-order valence-electron chi connectivity index (χ1n) is 6.45. The normalized spacial score (nSPS) is 10.6. The number of hydrogen-bond acceptors (Lipinski definition) is 5. The van der Waals surface area contributed by atoms with E-state index in [2.05, 4.69) is 15.5 Å². The second-order valence-electron chi connectivity index (χ2n) is 4.36. The Morgan fingerprint density at radius 2 is 2.05 bits per heavy atom. The molecule has 0 saturated heterocycles. The van der Waals surface area contributed by atoms with E-state index in [0.29, 0.717) is 28.0 Å². The highest BCUT2D eigenvalue weighted by Gasteiger charge is 2.13. The standard InChI is InChI=1S/C13H14Cl2N4O2/c1-2-6-19-12(16-17-18-19)8-21-13(20)7-9-10(14)4-3-5-11(9)15/h3-5H,2,6-8H2,1H3. The molecule has 0 amide bonds. The second kappa shape index (κ2) is 7.38. The van der Waals surface area contributed by atoms with E-state index >= 15 is 0 Å². The lowest BCUT2D eigenvalue weighted by Gasteiger charge is -2.07. The fourth-order valence-corrected chi connectivity index (χ4v) is 2.28. The van der Waals surface area contributed by atoms with Crippen LogP contribution >= 0.6 is 23.2 Å². The Morgan fingerprint density at radius 3 is 2.71 bits per heavy atom. The zero-order valence-corrected chi connectivity index (χ0v) is 12.9. The number of tetrazole rings is 1. The highest BCUT2D eigenvalue weighted by atomic mass is 35.5. The van der Waals surface area contributed by atoms with Crippen molar-refractivity contribution in [2.24, 2.45) is 0 Å². The molecule has 0 bridgehead atoms. The van der Waals surface area contributed by atoms with Gasteiger partial charge in [0.1, 0.15) is 0 Å². The molecule has 0 spiro atoms. The number of carbonyl (C=O) groups is 1. The summed E-state index contributed by atoms with van der Waals surface area (Å²) in [6, 6.07) is 5.08. The highest BCUT2D eigenvalue weighted by molar-refractivity contribution is 6.36. The van der Waals surface area contributed by atoms with Gasteiger partial charge < -0.3 is 4.74 Å². The first kappa shape index (κ1) is 15.7. The molecule has 21 heavy (non-hydrogen) atoms. The van der Waals surface area contributed by atoms with Gasteiger partial charge in [0.25, 0.3) is 0 Å². The average Bonchev–Trinajstić information content (AvgIpc) is 2.89. The van der Waals surface area contributed by atoms with Crippen molar-refractivity contribution in [1.29, 1.82) is 0 Å². The molecule has 0 radical (unpaired) electrons. The van der Waals surface area contributed by atoms with Crippen LogP contribution in [0, 0.1) is 0 Å². The van der Waals surface area contributed by atoms with Gasteiger partial charge in [-0.15, -0.1) is 5.10 Å². The monoisotopic (exact) mass is 328 g/mol. The van der Waals surface area contributed by atoms with E-state index < -0.39 is 5.97 Å². The summed E-state index contributed by atoms with van der Waals surface area (Å²) in [7, 11) is 0. The van der Waals surface area contributed by atoms with E-state index in [-0.39, 0.29) is 13.0 Å². The van der Waals surface area contributed by atoms with Gasteiger partial charge in [0, 0.05) is 22.2 Å². The molecule has 0 aliphatic heterocycles. The molecule has 1 aromatic heterocycles. The van der Waals surface area contributed by atoms with Crippen LogP contribution in [0.1, 0.15) is 24.7 Å². The van der Waals surface area contributed by atoms with Crippen LogP contribution in [0.15, 0.2) is 18.2 Å². The summed E-state index contributed by atoms with van der Waals surface area (Å²) in [5.74, 6) is 0.0755. The van der Waals surface area contributed by atoms with Crippen LogP contribution in [-0.2, 0) is 29.1 Å². The Kier molecular flexibility index (Phi) is 5.52. The molecule has 1 aromatic carbocycles. The Balaban J connectivity index is 1.95. The number of nitrogens with zero attached hydrogens (tertiary/aromatic N) is 4. The maximum atomic E-state index is 11.9. The maximum absolute atomic E-state index is 11.9. The van der Waals surface area contributed by atoms with Crippen LogP contribution in [0.3, 0.4) is 0 Å². The molecular weight excluding hydrogens is 315 g/mol. The van der Waals surface area contributed by atoms with Gasteiger partial charge in [0.05, 0.1) is 6.42 Å². The lowest BCUT2D eigenvalue weighted by atomic mass is 10.1. The SMILES string of the molecule is CCCn1nnnc1COC(=O)Cc1c(Cl)cccc1Cl. The summed E-state index contributed by atoms with van der Waals surface area (Å²) in [6.07, 6.45) is 0.898. The van der Waals surface area contributed by atoms with E-state index in [1.54, 1.807) is 22.9 Å². The van der Waals surface area contributed by atoms with Crippen LogP contribution in [0.2, 0.25) is 10.0 Å². The minimum Gasteiger partial charge on any atom is -0.457 e. The molecule has 2 rings (SSSR count). The van der Waals surface area contributed by atoms with E-state index in [9.17, 15) is 4.79 Å². The quantitative estimate of drug-likeness (QED) is 0.762. The number of aryl methyl sites for hydroxylation is 1. The minimum absolute atomic E-state index is 0.00779. The van der Waals surface area contributed by atoms with Gasteiger partial charge in [0.2, 0.25) is 0 Å². The van der Waals surface area contributed by atoms with Gasteiger partial charge in [-0.05, 0) is 29.0 Å². The smallest absolute Gasteiger partial charge is 0.310 e. The third kappa shape index (κ3) is 4.15.